The van der Waals surface area contributed by atoms with Crippen LogP contribution < -0.4 is 4.74 Å². The molecule has 0 aliphatic carbocycles. The molecule has 0 N–H and O–H groups in total. The molecule has 0 spiro atoms. The third-order valence-corrected chi connectivity index (χ3v) is 3.68. The molecule has 3 nitrogen and oxygen atoms in total. The molecule has 2 rings (SSSR count). The van der Waals surface area contributed by atoms with E-state index >= 15 is 0 Å². The van der Waals surface area contributed by atoms with Gasteiger partial charge in [0.05, 0.1) is 18.7 Å². The summed E-state index contributed by atoms with van der Waals surface area (Å²) in [5.41, 5.74) is 2.91. The van der Waals surface area contributed by atoms with Crippen LogP contribution in [-0.4, -0.2) is 19.1 Å². The summed E-state index contributed by atoms with van der Waals surface area (Å²) in [5, 5.41) is 9.02. The zero-order valence-corrected chi connectivity index (χ0v) is 13.7. The number of nitriles is 1. The largest absolute Gasteiger partial charge is 0.496 e. The molecule has 2 aromatic rings. The summed E-state index contributed by atoms with van der Waals surface area (Å²) in [7, 11) is 3.71. The van der Waals surface area contributed by atoms with Gasteiger partial charge in [-0.15, -0.1) is 0 Å². The molecule has 108 valence electrons. The zero-order valence-electron chi connectivity index (χ0n) is 12.1. The van der Waals surface area contributed by atoms with E-state index in [1.54, 1.807) is 13.2 Å². The summed E-state index contributed by atoms with van der Waals surface area (Å²) >= 11 is 3.49. The maximum Gasteiger partial charge on any atom is 0.123 e. The molecule has 0 fully saturated rings. The zero-order chi connectivity index (χ0) is 15.2. The van der Waals surface area contributed by atoms with Crippen molar-refractivity contribution in [3.8, 4) is 11.8 Å². The van der Waals surface area contributed by atoms with Crippen LogP contribution in [0.4, 0.5) is 0 Å². The van der Waals surface area contributed by atoms with Gasteiger partial charge in [-0.3, -0.25) is 4.90 Å². The Hall–Kier alpha value is -1.83. The van der Waals surface area contributed by atoms with Crippen molar-refractivity contribution >= 4 is 15.9 Å². The predicted molar refractivity (Wildman–Crippen MR) is 87.0 cm³/mol. The molecule has 0 aliphatic heterocycles. The van der Waals surface area contributed by atoms with Crippen LogP contribution >= 0.6 is 15.9 Å². The third-order valence-electron chi connectivity index (χ3n) is 3.19. The van der Waals surface area contributed by atoms with Crippen LogP contribution in [0.2, 0.25) is 0 Å². The van der Waals surface area contributed by atoms with Gasteiger partial charge in [0.15, 0.2) is 0 Å². The number of benzene rings is 2. The minimum Gasteiger partial charge on any atom is -0.496 e. The molecule has 0 aromatic heterocycles. The average molecular weight is 345 g/mol. The lowest BCUT2D eigenvalue weighted by Crippen LogP contribution is -2.17. The predicted octanol–water partition coefficient (Wildman–Crippen LogP) is 3.96. The second-order valence-electron chi connectivity index (χ2n) is 4.94. The molecule has 0 bridgehead atoms. The Kier molecular flexibility index (Phi) is 5.38. The van der Waals surface area contributed by atoms with Gasteiger partial charge in [0, 0.05) is 23.1 Å². The fourth-order valence-electron chi connectivity index (χ4n) is 2.27. The Morgan fingerprint density at radius 3 is 2.67 bits per heavy atom. The van der Waals surface area contributed by atoms with Gasteiger partial charge in [-0.2, -0.15) is 5.26 Å². The van der Waals surface area contributed by atoms with Gasteiger partial charge in [-0.05, 0) is 42.9 Å². The normalized spacial score (nSPS) is 10.4. The van der Waals surface area contributed by atoms with Crippen molar-refractivity contribution < 1.29 is 4.74 Å². The van der Waals surface area contributed by atoms with Gasteiger partial charge in [0.2, 0.25) is 0 Å². The maximum atomic E-state index is 9.02. The summed E-state index contributed by atoms with van der Waals surface area (Å²) in [4.78, 5) is 2.20. The number of nitrogens with zero attached hydrogens (tertiary/aromatic N) is 2. The van der Waals surface area contributed by atoms with Crippen molar-refractivity contribution in [2.75, 3.05) is 14.2 Å². The summed E-state index contributed by atoms with van der Waals surface area (Å²) in [6, 6.07) is 15.9. The smallest absolute Gasteiger partial charge is 0.123 e. The Bertz CT molecular complexity index is 664. The van der Waals surface area contributed by atoms with Crippen LogP contribution in [0.25, 0.3) is 0 Å². The number of ether oxygens (including phenoxy) is 1. The summed E-state index contributed by atoms with van der Waals surface area (Å²) in [5.74, 6) is 0.815. The molecular weight excluding hydrogens is 328 g/mol. The first kappa shape index (κ1) is 15.6. The Morgan fingerprint density at radius 2 is 2.00 bits per heavy atom. The fourth-order valence-corrected chi connectivity index (χ4v) is 2.71. The first-order valence-corrected chi connectivity index (χ1v) is 7.41. The van der Waals surface area contributed by atoms with Crippen molar-refractivity contribution in [3.63, 3.8) is 0 Å². The van der Waals surface area contributed by atoms with Gasteiger partial charge in [0.1, 0.15) is 5.75 Å². The third kappa shape index (κ3) is 4.32. The topological polar surface area (TPSA) is 36.3 Å². The molecule has 0 heterocycles. The summed E-state index contributed by atoms with van der Waals surface area (Å²) < 4.78 is 6.45. The van der Waals surface area contributed by atoms with Crippen LogP contribution in [0.5, 0.6) is 5.75 Å². The quantitative estimate of drug-likeness (QED) is 0.823. The van der Waals surface area contributed by atoms with Crippen LogP contribution in [-0.2, 0) is 13.1 Å². The fraction of sp³-hybridized carbons (Fsp3) is 0.235. The van der Waals surface area contributed by atoms with E-state index in [9.17, 15) is 0 Å². The lowest BCUT2D eigenvalue weighted by Gasteiger charge is -2.19. The molecular formula is C17H17BrN2O. The van der Waals surface area contributed by atoms with Gasteiger partial charge < -0.3 is 4.74 Å². The molecule has 0 atom stereocenters. The molecule has 2 aromatic carbocycles. The highest BCUT2D eigenvalue weighted by atomic mass is 79.9. The van der Waals surface area contributed by atoms with Gasteiger partial charge >= 0.3 is 0 Å². The standard InChI is InChI=1S/C17H17BrN2O/c1-20(11-14-4-3-5-16(18)9-14)12-15-8-13(10-19)6-7-17(15)21-2/h3-9H,11-12H2,1-2H3. The van der Waals surface area contributed by atoms with E-state index in [0.29, 0.717) is 5.56 Å². The number of hydrogen-bond acceptors (Lipinski definition) is 3. The molecule has 0 aliphatic rings. The first-order chi connectivity index (χ1) is 10.1. The maximum absolute atomic E-state index is 9.02. The molecule has 0 amide bonds. The van der Waals surface area contributed by atoms with E-state index in [-0.39, 0.29) is 0 Å². The van der Waals surface area contributed by atoms with Crippen LogP contribution in [0.15, 0.2) is 46.9 Å². The number of halogens is 1. The number of hydrogen-bond donors (Lipinski definition) is 0. The molecule has 21 heavy (non-hydrogen) atoms. The second-order valence-corrected chi connectivity index (χ2v) is 5.86. The summed E-state index contributed by atoms with van der Waals surface area (Å²) in [6.07, 6.45) is 0. The summed E-state index contributed by atoms with van der Waals surface area (Å²) in [6.45, 7) is 1.56. The Morgan fingerprint density at radius 1 is 1.19 bits per heavy atom. The highest BCUT2D eigenvalue weighted by Gasteiger charge is 2.08. The van der Waals surface area contributed by atoms with Crippen molar-refractivity contribution in [2.45, 2.75) is 13.1 Å². The van der Waals surface area contributed by atoms with Crippen molar-refractivity contribution in [2.24, 2.45) is 0 Å². The minimum absolute atomic E-state index is 0.654. The molecule has 0 saturated heterocycles. The molecule has 0 unspecified atom stereocenters. The molecule has 0 radical (unpaired) electrons. The van der Waals surface area contributed by atoms with E-state index in [0.717, 1.165) is 28.9 Å². The highest BCUT2D eigenvalue weighted by molar-refractivity contribution is 9.10. The van der Waals surface area contributed by atoms with E-state index in [1.165, 1.54) is 5.56 Å². The Balaban J connectivity index is 2.12. The van der Waals surface area contributed by atoms with Crippen molar-refractivity contribution in [3.05, 3.63) is 63.6 Å². The minimum atomic E-state index is 0.654. The van der Waals surface area contributed by atoms with Gasteiger partial charge in [-0.1, -0.05) is 28.1 Å². The van der Waals surface area contributed by atoms with Crippen LogP contribution in [0.1, 0.15) is 16.7 Å². The molecule has 0 saturated carbocycles. The van der Waals surface area contributed by atoms with E-state index < -0.39 is 0 Å². The second kappa shape index (κ2) is 7.26. The van der Waals surface area contributed by atoms with Crippen LogP contribution in [0.3, 0.4) is 0 Å². The van der Waals surface area contributed by atoms with E-state index in [2.05, 4.69) is 46.1 Å². The first-order valence-electron chi connectivity index (χ1n) is 6.62. The average Bonchev–Trinajstić information content (AvgIpc) is 2.47. The van der Waals surface area contributed by atoms with Crippen molar-refractivity contribution in [1.29, 1.82) is 5.26 Å². The number of methoxy groups -OCH3 is 1. The SMILES string of the molecule is COc1ccc(C#N)cc1CN(C)Cc1cccc(Br)c1. The Labute approximate surface area is 133 Å². The lowest BCUT2D eigenvalue weighted by atomic mass is 10.1. The van der Waals surface area contributed by atoms with E-state index in [4.69, 9.17) is 10.00 Å². The van der Waals surface area contributed by atoms with Crippen molar-refractivity contribution in [1.82, 2.24) is 4.90 Å². The van der Waals surface area contributed by atoms with Gasteiger partial charge in [-0.25, -0.2) is 0 Å². The molecule has 4 heteroatoms. The number of rotatable bonds is 5. The monoisotopic (exact) mass is 344 g/mol. The van der Waals surface area contributed by atoms with Gasteiger partial charge in [0.25, 0.3) is 0 Å². The van der Waals surface area contributed by atoms with Crippen LogP contribution in [0, 0.1) is 11.3 Å². The highest BCUT2D eigenvalue weighted by Crippen LogP contribution is 2.22. The van der Waals surface area contributed by atoms with E-state index in [1.807, 2.05) is 24.3 Å². The lowest BCUT2D eigenvalue weighted by molar-refractivity contribution is 0.310.